The van der Waals surface area contributed by atoms with Crippen LogP contribution >= 0.6 is 11.3 Å². The van der Waals surface area contributed by atoms with E-state index in [2.05, 4.69) is 15.1 Å². The van der Waals surface area contributed by atoms with Crippen molar-refractivity contribution in [2.45, 2.75) is 38.5 Å². The number of hydrogen-bond donors (Lipinski definition) is 1. The number of benzene rings is 1. The predicted molar refractivity (Wildman–Crippen MR) is 118 cm³/mol. The maximum absolute atomic E-state index is 13.2. The molecule has 4 aromatic rings. The molecule has 0 aliphatic heterocycles. The molecule has 1 unspecified atom stereocenters. The maximum atomic E-state index is 13.2. The molecule has 0 saturated heterocycles. The molecular weight excluding hydrogens is 410 g/mol. The Morgan fingerprint density at radius 2 is 2.03 bits per heavy atom. The number of thiophene rings is 1. The number of para-hydroxylation sites is 1. The fourth-order valence-electron chi connectivity index (χ4n) is 4.13. The molecule has 3 heterocycles. The summed E-state index contributed by atoms with van der Waals surface area (Å²) < 4.78 is 1.61. The number of hydrogen-bond acceptors (Lipinski definition) is 6. The molecule has 1 aliphatic rings. The minimum atomic E-state index is -1.21. The summed E-state index contributed by atoms with van der Waals surface area (Å²) in [5, 5.41) is 14.8. The van der Waals surface area contributed by atoms with Gasteiger partial charge in [-0.15, -0.1) is 11.3 Å². The van der Waals surface area contributed by atoms with Crippen LogP contribution in [0.15, 0.2) is 41.3 Å². The largest absolute Gasteiger partial charge is 0.308 e. The molecule has 1 aromatic carbocycles. The van der Waals surface area contributed by atoms with E-state index < -0.39 is 11.7 Å². The van der Waals surface area contributed by atoms with Crippen LogP contribution in [0, 0.1) is 18.3 Å². The third kappa shape index (κ3) is 3.27. The fourth-order valence-corrected chi connectivity index (χ4v) is 5.40. The third-order valence-corrected chi connectivity index (χ3v) is 6.88. The average Bonchev–Trinajstić information content (AvgIpc) is 3.35. The number of aromatic amines is 1. The quantitative estimate of drug-likeness (QED) is 0.496. The summed E-state index contributed by atoms with van der Waals surface area (Å²) in [4.78, 5) is 35.2. The SMILES string of the molecule is Cc1nn(-c2ccccc2)cc1C(=O)C(C#N)c1nc2sc3c(c2c(=O)[nH]1)CCCC3. The molecule has 8 heteroatoms. The molecule has 0 radical (unpaired) electrons. The summed E-state index contributed by atoms with van der Waals surface area (Å²) in [7, 11) is 0. The number of fused-ring (bicyclic) bond motifs is 3. The van der Waals surface area contributed by atoms with Crippen LogP contribution in [0.4, 0.5) is 0 Å². The summed E-state index contributed by atoms with van der Waals surface area (Å²) >= 11 is 1.50. The molecule has 154 valence electrons. The Kier molecular flexibility index (Phi) is 4.75. The van der Waals surface area contributed by atoms with Crippen LogP contribution in [0.5, 0.6) is 0 Å². The van der Waals surface area contributed by atoms with Crippen LogP contribution < -0.4 is 5.56 Å². The van der Waals surface area contributed by atoms with Gasteiger partial charge in [-0.2, -0.15) is 10.4 Å². The second-order valence-electron chi connectivity index (χ2n) is 7.68. The number of H-pyrrole nitrogens is 1. The first-order chi connectivity index (χ1) is 15.1. The highest BCUT2D eigenvalue weighted by Crippen LogP contribution is 2.34. The lowest BCUT2D eigenvalue weighted by Gasteiger charge is -2.10. The van der Waals surface area contributed by atoms with Gasteiger partial charge in [-0.05, 0) is 50.3 Å². The lowest BCUT2D eigenvalue weighted by molar-refractivity contribution is 0.0975. The van der Waals surface area contributed by atoms with Gasteiger partial charge in [0.15, 0.2) is 11.7 Å². The zero-order valence-corrected chi connectivity index (χ0v) is 17.7. The van der Waals surface area contributed by atoms with Gasteiger partial charge in [-0.25, -0.2) is 9.67 Å². The van der Waals surface area contributed by atoms with Crippen molar-refractivity contribution in [3.63, 3.8) is 0 Å². The lowest BCUT2D eigenvalue weighted by Crippen LogP contribution is -2.20. The summed E-state index contributed by atoms with van der Waals surface area (Å²) in [5.74, 6) is -1.54. The maximum Gasteiger partial charge on any atom is 0.259 e. The molecular formula is C23H19N5O2S. The van der Waals surface area contributed by atoms with Gasteiger partial charge in [-0.1, -0.05) is 18.2 Å². The van der Waals surface area contributed by atoms with Gasteiger partial charge in [0.05, 0.1) is 28.4 Å². The molecule has 3 aromatic heterocycles. The molecule has 5 rings (SSSR count). The Morgan fingerprint density at radius 3 is 2.81 bits per heavy atom. The topological polar surface area (TPSA) is 104 Å². The van der Waals surface area contributed by atoms with Crippen molar-refractivity contribution in [1.29, 1.82) is 5.26 Å². The molecule has 0 amide bonds. The van der Waals surface area contributed by atoms with E-state index in [1.807, 2.05) is 36.4 Å². The summed E-state index contributed by atoms with van der Waals surface area (Å²) in [6, 6.07) is 11.5. The van der Waals surface area contributed by atoms with Crippen LogP contribution in [0.2, 0.25) is 0 Å². The first-order valence-electron chi connectivity index (χ1n) is 10.2. The third-order valence-electron chi connectivity index (χ3n) is 5.69. The Bertz CT molecular complexity index is 1410. The molecule has 0 fully saturated rings. The van der Waals surface area contributed by atoms with E-state index in [9.17, 15) is 14.9 Å². The van der Waals surface area contributed by atoms with E-state index in [-0.39, 0.29) is 11.4 Å². The van der Waals surface area contributed by atoms with Crippen molar-refractivity contribution in [3.05, 3.63) is 74.4 Å². The number of nitrogens with zero attached hydrogens (tertiary/aromatic N) is 4. The van der Waals surface area contributed by atoms with Gasteiger partial charge in [0.2, 0.25) is 0 Å². The highest BCUT2D eigenvalue weighted by molar-refractivity contribution is 7.18. The van der Waals surface area contributed by atoms with Crippen LogP contribution in [0.3, 0.4) is 0 Å². The van der Waals surface area contributed by atoms with Crippen molar-refractivity contribution in [2.75, 3.05) is 0 Å². The zero-order valence-electron chi connectivity index (χ0n) is 16.9. The fraction of sp³-hybridized carbons (Fsp3) is 0.261. The molecule has 0 bridgehead atoms. The number of carbonyl (C=O) groups is 1. The molecule has 31 heavy (non-hydrogen) atoms. The minimum absolute atomic E-state index is 0.0930. The van der Waals surface area contributed by atoms with Crippen LogP contribution in [0.1, 0.15) is 51.1 Å². The molecule has 0 saturated carbocycles. The number of nitriles is 1. The number of Topliss-reactive ketones (excluding diaryl/α,β-unsaturated/α-hetero) is 1. The van der Waals surface area contributed by atoms with Crippen LogP contribution in [0.25, 0.3) is 15.9 Å². The van der Waals surface area contributed by atoms with E-state index in [4.69, 9.17) is 0 Å². The van der Waals surface area contributed by atoms with Gasteiger partial charge in [0.1, 0.15) is 10.7 Å². The first-order valence-corrected chi connectivity index (χ1v) is 11.0. The zero-order chi connectivity index (χ0) is 21.5. The Morgan fingerprint density at radius 1 is 1.26 bits per heavy atom. The minimum Gasteiger partial charge on any atom is -0.308 e. The number of aromatic nitrogens is 4. The van der Waals surface area contributed by atoms with Gasteiger partial charge >= 0.3 is 0 Å². The monoisotopic (exact) mass is 429 g/mol. The van der Waals surface area contributed by atoms with Crippen molar-refractivity contribution < 1.29 is 4.79 Å². The summed E-state index contributed by atoms with van der Waals surface area (Å²) in [5.41, 5.74) is 2.47. The highest BCUT2D eigenvalue weighted by atomic mass is 32.1. The van der Waals surface area contributed by atoms with Gasteiger partial charge in [0.25, 0.3) is 5.56 Å². The van der Waals surface area contributed by atoms with Gasteiger partial charge < -0.3 is 4.98 Å². The predicted octanol–water partition coefficient (Wildman–Crippen LogP) is 3.85. The van der Waals surface area contributed by atoms with E-state index in [1.54, 1.807) is 17.8 Å². The van der Waals surface area contributed by atoms with Crippen LogP contribution in [-0.2, 0) is 12.8 Å². The Balaban J connectivity index is 1.55. The molecule has 1 N–H and O–H groups in total. The first kappa shape index (κ1) is 19.4. The average molecular weight is 430 g/mol. The second-order valence-corrected chi connectivity index (χ2v) is 8.76. The van der Waals surface area contributed by atoms with E-state index in [0.717, 1.165) is 36.9 Å². The number of rotatable bonds is 4. The summed E-state index contributed by atoms with van der Waals surface area (Å²) in [6.45, 7) is 1.73. The smallest absolute Gasteiger partial charge is 0.259 e. The highest BCUT2D eigenvalue weighted by Gasteiger charge is 2.29. The van der Waals surface area contributed by atoms with Gasteiger partial charge in [-0.3, -0.25) is 9.59 Å². The number of ketones is 1. The second kappa shape index (κ2) is 7.60. The van der Waals surface area contributed by atoms with Crippen molar-refractivity contribution >= 4 is 27.3 Å². The standard InChI is InChI=1S/C23H19N5O2S/c1-13-17(12-28(27-13)14-7-3-2-4-8-14)20(29)16(11-24)21-25-22(30)19-15-9-5-6-10-18(15)31-23(19)26-21/h2-4,7-8,12,16H,5-6,9-10H2,1H3,(H,25,26,30). The van der Waals surface area contributed by atoms with Crippen molar-refractivity contribution in [3.8, 4) is 11.8 Å². The summed E-state index contributed by atoms with van der Waals surface area (Å²) in [6.07, 6.45) is 5.61. The lowest BCUT2D eigenvalue weighted by atomic mass is 9.96. The van der Waals surface area contributed by atoms with E-state index >= 15 is 0 Å². The van der Waals surface area contributed by atoms with Crippen LogP contribution in [-0.4, -0.2) is 25.5 Å². The number of carbonyl (C=O) groups excluding carboxylic acids is 1. The molecule has 7 nitrogen and oxygen atoms in total. The molecule has 0 spiro atoms. The van der Waals surface area contributed by atoms with E-state index in [0.29, 0.717) is 21.5 Å². The van der Waals surface area contributed by atoms with Crippen molar-refractivity contribution in [2.24, 2.45) is 0 Å². The van der Waals surface area contributed by atoms with Crippen molar-refractivity contribution in [1.82, 2.24) is 19.7 Å². The Hall–Kier alpha value is -3.57. The number of nitrogens with one attached hydrogen (secondary N) is 1. The van der Waals surface area contributed by atoms with Gasteiger partial charge in [0, 0.05) is 11.1 Å². The molecule has 1 aliphatic carbocycles. The normalized spacial score (nSPS) is 14.2. The van der Waals surface area contributed by atoms with E-state index in [1.165, 1.54) is 16.2 Å². The number of aryl methyl sites for hydroxylation is 3. The Labute approximate surface area is 182 Å². The molecule has 1 atom stereocenters.